The van der Waals surface area contributed by atoms with E-state index in [0.717, 1.165) is 31.0 Å². The summed E-state index contributed by atoms with van der Waals surface area (Å²) in [4.78, 5) is 29.2. The predicted molar refractivity (Wildman–Crippen MR) is 175 cm³/mol. The lowest BCUT2D eigenvalue weighted by Crippen LogP contribution is -2.53. The summed E-state index contributed by atoms with van der Waals surface area (Å²) >= 11 is 9.90. The SMILES string of the molecule is CNC(=O)C(Cc1ccccc1)N(Cc1cccc(Br)c1)C(=O)CN(c1ccc(C)c(Cl)c1)S(=O)(=O)c1ccc(C)cc1. The van der Waals surface area contributed by atoms with Crippen LogP contribution in [-0.4, -0.2) is 44.8 Å². The zero-order valence-electron chi connectivity index (χ0n) is 24.1. The second kappa shape index (κ2) is 14.2. The molecule has 4 aromatic rings. The molecule has 10 heteroatoms. The first-order valence-corrected chi connectivity index (χ1v) is 16.3. The van der Waals surface area contributed by atoms with Crippen molar-refractivity contribution in [3.8, 4) is 0 Å². The van der Waals surface area contributed by atoms with E-state index in [4.69, 9.17) is 11.6 Å². The van der Waals surface area contributed by atoms with E-state index < -0.39 is 28.5 Å². The summed E-state index contributed by atoms with van der Waals surface area (Å²) in [6, 6.07) is 27.2. The first-order chi connectivity index (χ1) is 20.5. The molecule has 4 rings (SSSR count). The van der Waals surface area contributed by atoms with Crippen LogP contribution in [0.5, 0.6) is 0 Å². The Morgan fingerprint density at radius 2 is 1.56 bits per heavy atom. The van der Waals surface area contributed by atoms with Gasteiger partial charge in [-0.25, -0.2) is 8.42 Å². The third kappa shape index (κ3) is 8.04. The molecule has 0 heterocycles. The average Bonchev–Trinajstić information content (AvgIpc) is 2.99. The smallest absolute Gasteiger partial charge is 0.264 e. The molecular weight excluding hydrogens is 650 g/mol. The van der Waals surface area contributed by atoms with Gasteiger partial charge < -0.3 is 10.2 Å². The molecule has 0 aromatic heterocycles. The molecule has 0 saturated carbocycles. The van der Waals surface area contributed by atoms with Gasteiger partial charge in [-0.3, -0.25) is 13.9 Å². The molecule has 2 amide bonds. The van der Waals surface area contributed by atoms with Gasteiger partial charge in [0, 0.05) is 29.5 Å². The first-order valence-electron chi connectivity index (χ1n) is 13.6. The van der Waals surface area contributed by atoms with Crippen molar-refractivity contribution in [1.82, 2.24) is 10.2 Å². The zero-order chi connectivity index (χ0) is 31.1. The monoisotopic (exact) mass is 681 g/mol. The van der Waals surface area contributed by atoms with Gasteiger partial charge in [0.15, 0.2) is 0 Å². The second-order valence-electron chi connectivity index (χ2n) is 10.2. The van der Waals surface area contributed by atoms with Gasteiger partial charge in [-0.2, -0.15) is 0 Å². The molecule has 1 N–H and O–H groups in total. The van der Waals surface area contributed by atoms with Crippen LogP contribution in [0.3, 0.4) is 0 Å². The van der Waals surface area contributed by atoms with E-state index in [2.05, 4.69) is 21.2 Å². The number of nitrogens with one attached hydrogen (secondary N) is 1. The molecule has 0 aliphatic heterocycles. The minimum Gasteiger partial charge on any atom is -0.357 e. The highest BCUT2D eigenvalue weighted by atomic mass is 79.9. The van der Waals surface area contributed by atoms with Crippen LogP contribution in [0.1, 0.15) is 22.3 Å². The fourth-order valence-electron chi connectivity index (χ4n) is 4.66. The molecule has 4 aromatic carbocycles. The van der Waals surface area contributed by atoms with Crippen molar-refractivity contribution in [2.24, 2.45) is 0 Å². The van der Waals surface area contributed by atoms with Crippen LogP contribution in [-0.2, 0) is 32.6 Å². The van der Waals surface area contributed by atoms with Gasteiger partial charge in [-0.1, -0.05) is 93.8 Å². The molecule has 0 spiro atoms. The Morgan fingerprint density at radius 3 is 2.19 bits per heavy atom. The maximum atomic E-state index is 14.3. The minimum absolute atomic E-state index is 0.0354. The second-order valence-corrected chi connectivity index (χ2v) is 13.4. The Morgan fingerprint density at radius 1 is 0.884 bits per heavy atom. The van der Waals surface area contributed by atoms with E-state index in [1.165, 1.54) is 30.1 Å². The maximum Gasteiger partial charge on any atom is 0.264 e. The summed E-state index contributed by atoms with van der Waals surface area (Å²) in [7, 11) is -2.68. The molecule has 0 aliphatic rings. The van der Waals surface area contributed by atoms with Crippen LogP contribution in [0.25, 0.3) is 0 Å². The minimum atomic E-state index is -4.20. The molecule has 1 atom stereocenters. The Bertz CT molecular complexity index is 1700. The number of anilines is 1. The average molecular weight is 683 g/mol. The van der Waals surface area contributed by atoms with Gasteiger partial charge >= 0.3 is 0 Å². The highest BCUT2D eigenvalue weighted by molar-refractivity contribution is 9.10. The highest BCUT2D eigenvalue weighted by Crippen LogP contribution is 2.29. The molecule has 0 saturated heterocycles. The molecule has 0 bridgehead atoms. The van der Waals surface area contributed by atoms with E-state index in [9.17, 15) is 18.0 Å². The summed E-state index contributed by atoms with van der Waals surface area (Å²) < 4.78 is 30.0. The summed E-state index contributed by atoms with van der Waals surface area (Å²) in [6.45, 7) is 3.21. The van der Waals surface area contributed by atoms with Crippen LogP contribution in [0.2, 0.25) is 5.02 Å². The highest BCUT2D eigenvalue weighted by Gasteiger charge is 2.34. The first kappa shape index (κ1) is 32.3. The third-order valence-corrected chi connectivity index (χ3v) is 9.78. The Labute approximate surface area is 266 Å². The maximum absolute atomic E-state index is 14.3. The van der Waals surface area contributed by atoms with Gasteiger partial charge in [0.1, 0.15) is 12.6 Å². The molecule has 0 radical (unpaired) electrons. The van der Waals surface area contributed by atoms with Crippen LogP contribution < -0.4 is 9.62 Å². The molecule has 1 unspecified atom stereocenters. The number of benzene rings is 4. The van der Waals surface area contributed by atoms with Gasteiger partial charge in [0.2, 0.25) is 11.8 Å². The Balaban J connectivity index is 1.80. The van der Waals surface area contributed by atoms with Crippen LogP contribution in [0.4, 0.5) is 5.69 Å². The normalized spacial score (nSPS) is 11.9. The van der Waals surface area contributed by atoms with Crippen molar-refractivity contribution >= 4 is 55.1 Å². The largest absolute Gasteiger partial charge is 0.357 e. The molecule has 7 nitrogen and oxygen atoms in total. The standard InChI is InChI=1S/C33H33BrClN3O4S/c1-23-12-16-29(17-13-23)43(41,42)38(28-15-14-24(2)30(35)20-28)22-32(39)37(21-26-10-7-11-27(34)18-26)31(33(40)36-3)19-25-8-5-4-6-9-25/h4-18,20,31H,19,21-22H2,1-3H3,(H,36,40). The number of halogens is 2. The fraction of sp³-hybridized carbons (Fsp3) is 0.212. The lowest BCUT2D eigenvalue weighted by atomic mass is 10.0. The number of sulfonamides is 1. The number of hydrogen-bond acceptors (Lipinski definition) is 4. The van der Waals surface area contributed by atoms with E-state index >= 15 is 0 Å². The van der Waals surface area contributed by atoms with Gasteiger partial charge in [0.25, 0.3) is 10.0 Å². The zero-order valence-corrected chi connectivity index (χ0v) is 27.3. The van der Waals surface area contributed by atoms with Gasteiger partial charge in [0.05, 0.1) is 10.6 Å². The number of carbonyl (C=O) groups excluding carboxylic acids is 2. The fourth-order valence-corrected chi connectivity index (χ4v) is 6.68. The number of hydrogen-bond donors (Lipinski definition) is 1. The Kier molecular flexibility index (Phi) is 10.7. The lowest BCUT2D eigenvalue weighted by molar-refractivity contribution is -0.139. The molecule has 0 fully saturated rings. The summed E-state index contributed by atoms with van der Waals surface area (Å²) in [5.74, 6) is -0.907. The molecule has 43 heavy (non-hydrogen) atoms. The number of nitrogens with zero attached hydrogens (tertiary/aromatic N) is 2. The number of rotatable bonds is 11. The van der Waals surface area contributed by atoms with Crippen LogP contribution >= 0.6 is 27.5 Å². The van der Waals surface area contributed by atoms with E-state index in [1.807, 2.05) is 68.4 Å². The van der Waals surface area contributed by atoms with E-state index in [-0.39, 0.29) is 29.5 Å². The summed E-state index contributed by atoms with van der Waals surface area (Å²) in [5, 5.41) is 3.05. The van der Waals surface area contributed by atoms with Crippen molar-refractivity contribution in [2.75, 3.05) is 17.9 Å². The van der Waals surface area contributed by atoms with E-state index in [0.29, 0.717) is 5.02 Å². The molecule has 0 aliphatic carbocycles. The third-order valence-electron chi connectivity index (χ3n) is 7.09. The van der Waals surface area contributed by atoms with E-state index in [1.54, 1.807) is 24.3 Å². The number of amides is 2. The number of likely N-dealkylation sites (N-methyl/N-ethyl adjacent to an activating group) is 1. The van der Waals surface area contributed by atoms with Crippen molar-refractivity contribution in [3.05, 3.63) is 129 Å². The summed E-state index contributed by atoms with van der Waals surface area (Å²) in [6.07, 6.45) is 0.237. The van der Waals surface area contributed by atoms with Gasteiger partial charge in [-0.15, -0.1) is 0 Å². The quantitative estimate of drug-likeness (QED) is 0.201. The van der Waals surface area contributed by atoms with Crippen molar-refractivity contribution < 1.29 is 18.0 Å². The number of aryl methyl sites for hydroxylation is 2. The van der Waals surface area contributed by atoms with Crippen LogP contribution in [0, 0.1) is 13.8 Å². The van der Waals surface area contributed by atoms with Crippen molar-refractivity contribution in [3.63, 3.8) is 0 Å². The van der Waals surface area contributed by atoms with Gasteiger partial charge in [-0.05, 0) is 66.9 Å². The molecule has 224 valence electrons. The summed E-state index contributed by atoms with van der Waals surface area (Å²) in [5.41, 5.74) is 3.54. The van der Waals surface area contributed by atoms with Crippen LogP contribution in [0.15, 0.2) is 106 Å². The molecular formula is C33H33BrClN3O4S. The van der Waals surface area contributed by atoms with Crippen molar-refractivity contribution in [2.45, 2.75) is 37.8 Å². The predicted octanol–water partition coefficient (Wildman–Crippen LogP) is 6.30. The number of carbonyl (C=O) groups is 2. The topological polar surface area (TPSA) is 86.8 Å². The Hall–Kier alpha value is -3.66. The lowest BCUT2D eigenvalue weighted by Gasteiger charge is -2.33. The van der Waals surface area contributed by atoms with Crippen molar-refractivity contribution in [1.29, 1.82) is 0 Å².